The third-order valence-corrected chi connectivity index (χ3v) is 6.88. The van der Waals surface area contributed by atoms with Gasteiger partial charge >= 0.3 is 0 Å². The summed E-state index contributed by atoms with van der Waals surface area (Å²) in [5.41, 5.74) is 1.61. The van der Waals surface area contributed by atoms with Gasteiger partial charge < -0.3 is 14.2 Å². The van der Waals surface area contributed by atoms with Gasteiger partial charge in [0.2, 0.25) is 0 Å². The second kappa shape index (κ2) is 7.57. The van der Waals surface area contributed by atoms with Gasteiger partial charge in [-0.1, -0.05) is 12.1 Å². The second-order valence-corrected chi connectivity index (χ2v) is 9.16. The summed E-state index contributed by atoms with van der Waals surface area (Å²) in [6.45, 7) is 0.482. The van der Waals surface area contributed by atoms with Crippen LogP contribution in [-0.2, 0) is 10.2 Å². The van der Waals surface area contributed by atoms with E-state index in [9.17, 15) is 13.2 Å². The van der Waals surface area contributed by atoms with Gasteiger partial charge in [-0.25, -0.2) is 5.14 Å². The summed E-state index contributed by atoms with van der Waals surface area (Å²) in [4.78, 5) is 13.0. The lowest BCUT2D eigenvalue weighted by atomic mass is 9.82. The Hall–Kier alpha value is -2.62. The van der Waals surface area contributed by atoms with E-state index in [2.05, 4.69) is 0 Å². The van der Waals surface area contributed by atoms with E-state index < -0.39 is 15.8 Å². The van der Waals surface area contributed by atoms with E-state index in [1.807, 2.05) is 30.3 Å². The van der Waals surface area contributed by atoms with Crippen molar-refractivity contribution in [3.63, 3.8) is 0 Å². The molecule has 2 N–H and O–H groups in total. The summed E-state index contributed by atoms with van der Waals surface area (Å²) < 4.78 is 41.2. The van der Waals surface area contributed by atoms with E-state index in [4.69, 9.17) is 19.3 Å². The monoisotopic (exact) mass is 432 g/mol. The van der Waals surface area contributed by atoms with Crippen LogP contribution in [0, 0.1) is 0 Å². The fraction of sp³-hybridized carbons (Fsp3) is 0.381. The van der Waals surface area contributed by atoms with E-state index in [-0.39, 0.29) is 25.3 Å². The molecule has 0 aliphatic carbocycles. The van der Waals surface area contributed by atoms with Crippen molar-refractivity contribution in [3.05, 3.63) is 42.0 Å². The van der Waals surface area contributed by atoms with Gasteiger partial charge in [-0.15, -0.1) is 0 Å². The summed E-state index contributed by atoms with van der Waals surface area (Å²) in [7, 11) is -0.574. The lowest BCUT2D eigenvalue weighted by molar-refractivity contribution is 0.00594. The first-order valence-electron chi connectivity index (χ1n) is 9.61. The number of rotatable bonds is 4. The molecule has 0 saturated carbocycles. The Bertz CT molecular complexity index is 1090. The molecule has 2 aromatic carbocycles. The van der Waals surface area contributed by atoms with Crippen LogP contribution in [-0.4, -0.2) is 51.4 Å². The molecule has 0 unspecified atom stereocenters. The molecule has 0 atom stereocenters. The van der Waals surface area contributed by atoms with E-state index >= 15 is 0 Å². The number of carbonyl (C=O) groups excluding carboxylic acids is 1. The Kier molecular flexibility index (Phi) is 5.21. The number of benzene rings is 2. The van der Waals surface area contributed by atoms with Gasteiger partial charge in [0.15, 0.2) is 17.3 Å². The minimum atomic E-state index is -3.73. The molecule has 2 heterocycles. The normalized spacial score (nSPS) is 18.6. The molecule has 1 saturated heterocycles. The number of ketones is 1. The fourth-order valence-electron chi connectivity index (χ4n) is 4.12. The predicted molar refractivity (Wildman–Crippen MR) is 111 cm³/mol. The van der Waals surface area contributed by atoms with E-state index in [1.165, 1.54) is 4.31 Å². The largest absolute Gasteiger partial charge is 0.493 e. The summed E-state index contributed by atoms with van der Waals surface area (Å²) in [6, 6.07) is 11.1. The number of nitrogens with two attached hydrogens (primary N) is 1. The number of hydrogen-bond donors (Lipinski definition) is 1. The van der Waals surface area contributed by atoms with Crippen LogP contribution in [0.15, 0.2) is 36.4 Å². The molecule has 2 aliphatic rings. The quantitative estimate of drug-likeness (QED) is 0.795. The number of methoxy groups -OCH3 is 2. The van der Waals surface area contributed by atoms with E-state index in [0.717, 1.165) is 11.1 Å². The lowest BCUT2D eigenvalue weighted by Gasteiger charge is -2.43. The van der Waals surface area contributed by atoms with Crippen molar-refractivity contribution in [2.24, 2.45) is 5.14 Å². The maximum atomic E-state index is 13.0. The standard InChI is InChI=1S/C21H24N2O6S/c1-27-19-6-4-15(12-20(19)28-2)14-3-5-18-16(11-14)17(24)13-21(29-18)7-9-23(10-8-21)30(22,25)26/h3-6,11-12H,7-10,13H2,1-2H3,(H2,22,25,26). The van der Waals surface area contributed by atoms with Crippen LogP contribution < -0.4 is 19.3 Å². The molecule has 0 bridgehead atoms. The predicted octanol–water partition coefficient (Wildman–Crippen LogP) is 2.37. The lowest BCUT2D eigenvalue weighted by Crippen LogP contribution is -2.53. The maximum absolute atomic E-state index is 13.0. The molecule has 160 valence electrons. The third-order valence-electron chi connectivity index (χ3n) is 5.80. The Morgan fingerprint density at radius 1 is 1.00 bits per heavy atom. The van der Waals surface area contributed by atoms with Crippen molar-refractivity contribution in [1.29, 1.82) is 0 Å². The van der Waals surface area contributed by atoms with Gasteiger partial charge in [-0.2, -0.15) is 12.7 Å². The Balaban J connectivity index is 1.60. The molecule has 1 fully saturated rings. The average molecular weight is 432 g/mol. The van der Waals surface area contributed by atoms with Crippen LogP contribution in [0.1, 0.15) is 29.6 Å². The van der Waals surface area contributed by atoms with Crippen molar-refractivity contribution >= 4 is 16.0 Å². The topological polar surface area (TPSA) is 108 Å². The molecule has 1 spiro atoms. The minimum absolute atomic E-state index is 0.0115. The third kappa shape index (κ3) is 3.76. The van der Waals surface area contributed by atoms with Gasteiger partial charge in [0.25, 0.3) is 10.2 Å². The van der Waals surface area contributed by atoms with Crippen LogP contribution in [0.25, 0.3) is 11.1 Å². The highest BCUT2D eigenvalue weighted by molar-refractivity contribution is 7.86. The Morgan fingerprint density at radius 2 is 1.63 bits per heavy atom. The maximum Gasteiger partial charge on any atom is 0.276 e. The van der Waals surface area contributed by atoms with E-state index in [0.29, 0.717) is 35.7 Å². The number of Topliss-reactive ketones (excluding diaryl/α,β-unsaturated/α-hetero) is 1. The summed E-state index contributed by atoms with van der Waals surface area (Å²) in [6.07, 6.45) is 1.06. The van der Waals surface area contributed by atoms with Crippen molar-refractivity contribution in [2.45, 2.75) is 24.9 Å². The minimum Gasteiger partial charge on any atom is -0.493 e. The molecule has 30 heavy (non-hydrogen) atoms. The number of fused-ring (bicyclic) bond motifs is 1. The number of hydrogen-bond acceptors (Lipinski definition) is 6. The van der Waals surface area contributed by atoms with Gasteiger partial charge in [-0.05, 0) is 35.4 Å². The second-order valence-electron chi connectivity index (χ2n) is 7.61. The van der Waals surface area contributed by atoms with Crippen LogP contribution in [0.3, 0.4) is 0 Å². The van der Waals surface area contributed by atoms with Gasteiger partial charge in [0.1, 0.15) is 11.4 Å². The summed E-state index contributed by atoms with van der Waals surface area (Å²) >= 11 is 0. The van der Waals surface area contributed by atoms with Gasteiger partial charge in [0, 0.05) is 25.9 Å². The highest BCUT2D eigenvalue weighted by Crippen LogP contribution is 2.41. The van der Waals surface area contributed by atoms with Gasteiger partial charge in [0.05, 0.1) is 26.2 Å². The molecule has 0 radical (unpaired) electrons. The first-order valence-corrected chi connectivity index (χ1v) is 11.1. The number of carbonyl (C=O) groups is 1. The summed E-state index contributed by atoms with van der Waals surface area (Å²) in [5.74, 6) is 1.75. The molecule has 2 aromatic rings. The van der Waals surface area contributed by atoms with Crippen molar-refractivity contribution in [3.8, 4) is 28.4 Å². The first-order chi connectivity index (χ1) is 14.2. The Morgan fingerprint density at radius 3 is 2.27 bits per heavy atom. The molecule has 4 rings (SSSR count). The highest BCUT2D eigenvalue weighted by atomic mass is 32.2. The number of ether oxygens (including phenoxy) is 3. The van der Waals surface area contributed by atoms with Gasteiger partial charge in [-0.3, -0.25) is 4.79 Å². The average Bonchev–Trinajstić information content (AvgIpc) is 2.72. The van der Waals surface area contributed by atoms with Crippen molar-refractivity contribution in [1.82, 2.24) is 4.31 Å². The zero-order valence-corrected chi connectivity index (χ0v) is 17.7. The smallest absolute Gasteiger partial charge is 0.276 e. The molecular weight excluding hydrogens is 408 g/mol. The fourth-order valence-corrected chi connectivity index (χ4v) is 4.81. The van der Waals surface area contributed by atoms with Crippen molar-refractivity contribution in [2.75, 3.05) is 27.3 Å². The van der Waals surface area contributed by atoms with Crippen LogP contribution in [0.4, 0.5) is 0 Å². The molecule has 2 aliphatic heterocycles. The SMILES string of the molecule is COc1ccc(-c2ccc3c(c2)C(=O)CC2(CCN(S(N)(=O)=O)CC2)O3)cc1OC. The number of nitrogens with zero attached hydrogens (tertiary/aromatic N) is 1. The zero-order valence-electron chi connectivity index (χ0n) is 16.9. The van der Waals surface area contributed by atoms with E-state index in [1.54, 1.807) is 20.3 Å². The van der Waals surface area contributed by atoms with Crippen molar-refractivity contribution < 1.29 is 27.4 Å². The Labute approximate surface area is 175 Å². The number of piperidine rings is 1. The van der Waals surface area contributed by atoms with Crippen LogP contribution in [0.2, 0.25) is 0 Å². The first kappa shape index (κ1) is 20.6. The molecule has 0 aromatic heterocycles. The van der Waals surface area contributed by atoms with Crippen LogP contribution in [0.5, 0.6) is 17.2 Å². The molecule has 9 heteroatoms. The highest BCUT2D eigenvalue weighted by Gasteiger charge is 2.44. The molecular formula is C21H24N2O6S. The van der Waals surface area contributed by atoms with Crippen LogP contribution >= 0.6 is 0 Å². The summed E-state index contributed by atoms with van der Waals surface area (Å²) in [5, 5.41) is 5.22. The molecule has 0 amide bonds. The molecule has 8 nitrogen and oxygen atoms in total. The zero-order chi connectivity index (χ0) is 21.5.